The number of amides is 1. The van der Waals surface area contributed by atoms with E-state index in [1.54, 1.807) is 0 Å². The molecule has 0 spiro atoms. The van der Waals surface area contributed by atoms with E-state index in [2.05, 4.69) is 15.5 Å². The Morgan fingerprint density at radius 3 is 2.75 bits per heavy atom. The van der Waals surface area contributed by atoms with Gasteiger partial charge in [0.2, 0.25) is 6.39 Å². The maximum absolute atomic E-state index is 12.8. The van der Waals surface area contributed by atoms with Crippen LogP contribution in [0.25, 0.3) is 0 Å². The number of nitrogens with zero attached hydrogens (tertiary/aromatic N) is 2. The molecular weight excluding hydrogens is 306 g/mol. The van der Waals surface area contributed by atoms with Crippen LogP contribution >= 0.6 is 0 Å². The average molecular weight is 329 g/mol. The lowest BCUT2D eigenvalue weighted by Gasteiger charge is -2.29. The predicted molar refractivity (Wildman–Crippen MR) is 88.5 cm³/mol. The number of rotatable bonds is 6. The zero-order valence-electron chi connectivity index (χ0n) is 14.1. The van der Waals surface area contributed by atoms with Gasteiger partial charge in [0.05, 0.1) is 0 Å². The number of para-hydroxylation sites is 1. The van der Waals surface area contributed by atoms with Gasteiger partial charge in [-0.2, -0.15) is 4.98 Å². The van der Waals surface area contributed by atoms with E-state index in [4.69, 9.17) is 9.26 Å². The number of carbonyl (C=O) groups excluding carboxylic acids is 1. The SMILES string of the molecule is CCC(Oc1ccccc1C)C(=O)NC1(c2ncon2)CCCC1. The summed E-state index contributed by atoms with van der Waals surface area (Å²) in [5.41, 5.74) is 0.476. The summed E-state index contributed by atoms with van der Waals surface area (Å²) in [6, 6.07) is 7.71. The number of aryl methyl sites for hydroxylation is 1. The van der Waals surface area contributed by atoms with Crippen molar-refractivity contribution in [1.29, 1.82) is 0 Å². The van der Waals surface area contributed by atoms with Crippen molar-refractivity contribution >= 4 is 5.91 Å². The first-order valence-corrected chi connectivity index (χ1v) is 8.46. The second kappa shape index (κ2) is 7.03. The van der Waals surface area contributed by atoms with Crippen molar-refractivity contribution in [2.24, 2.45) is 0 Å². The van der Waals surface area contributed by atoms with E-state index in [0.717, 1.165) is 37.0 Å². The minimum Gasteiger partial charge on any atom is -0.480 e. The molecule has 0 saturated heterocycles. The third-order valence-corrected chi connectivity index (χ3v) is 4.63. The van der Waals surface area contributed by atoms with Crippen LogP contribution in [0, 0.1) is 6.92 Å². The lowest BCUT2D eigenvalue weighted by Crippen LogP contribution is -2.50. The highest BCUT2D eigenvalue weighted by Gasteiger charge is 2.42. The van der Waals surface area contributed by atoms with Gasteiger partial charge in [0.1, 0.15) is 11.3 Å². The molecule has 1 fully saturated rings. The van der Waals surface area contributed by atoms with E-state index in [0.29, 0.717) is 12.2 Å². The van der Waals surface area contributed by atoms with Crippen molar-refractivity contribution in [2.45, 2.75) is 57.6 Å². The van der Waals surface area contributed by atoms with Crippen LogP contribution in [0.5, 0.6) is 5.75 Å². The number of carbonyl (C=O) groups is 1. The van der Waals surface area contributed by atoms with Crippen molar-refractivity contribution in [3.63, 3.8) is 0 Å². The molecule has 6 nitrogen and oxygen atoms in total. The standard InChI is InChI=1S/C18H23N3O3/c1-3-14(24-15-9-5-4-8-13(15)2)16(22)20-18(10-6-7-11-18)17-19-12-23-21-17/h4-5,8-9,12,14H,3,6-7,10-11H2,1-2H3,(H,20,22). The van der Waals surface area contributed by atoms with Crippen LogP contribution in [0.3, 0.4) is 0 Å². The van der Waals surface area contributed by atoms with E-state index >= 15 is 0 Å². The van der Waals surface area contributed by atoms with Crippen molar-refractivity contribution in [3.8, 4) is 5.75 Å². The number of hydrogen-bond donors (Lipinski definition) is 1. The summed E-state index contributed by atoms with van der Waals surface area (Å²) in [5.74, 6) is 1.16. The summed E-state index contributed by atoms with van der Waals surface area (Å²) in [5, 5.41) is 7.10. The highest BCUT2D eigenvalue weighted by molar-refractivity contribution is 5.82. The van der Waals surface area contributed by atoms with Crippen LogP contribution in [-0.4, -0.2) is 22.2 Å². The highest BCUT2D eigenvalue weighted by atomic mass is 16.5. The van der Waals surface area contributed by atoms with Crippen LogP contribution in [0.15, 0.2) is 35.2 Å². The maximum Gasteiger partial charge on any atom is 0.261 e. The maximum atomic E-state index is 12.8. The lowest BCUT2D eigenvalue weighted by molar-refractivity contribution is -0.130. The van der Waals surface area contributed by atoms with Crippen LogP contribution in [-0.2, 0) is 10.3 Å². The van der Waals surface area contributed by atoms with E-state index < -0.39 is 11.6 Å². The molecular formula is C18H23N3O3. The third-order valence-electron chi connectivity index (χ3n) is 4.63. The minimum absolute atomic E-state index is 0.132. The monoisotopic (exact) mass is 329 g/mol. The van der Waals surface area contributed by atoms with Gasteiger partial charge in [-0.05, 0) is 37.8 Å². The van der Waals surface area contributed by atoms with Gasteiger partial charge >= 0.3 is 0 Å². The van der Waals surface area contributed by atoms with Gasteiger partial charge in [-0.25, -0.2) is 0 Å². The molecule has 1 aliphatic carbocycles. The Kier molecular flexibility index (Phi) is 4.83. The molecule has 0 bridgehead atoms. The molecule has 0 aliphatic heterocycles. The predicted octanol–water partition coefficient (Wildman–Crippen LogP) is 3.12. The fourth-order valence-corrected chi connectivity index (χ4v) is 3.25. The summed E-state index contributed by atoms with van der Waals surface area (Å²) in [7, 11) is 0. The summed E-state index contributed by atoms with van der Waals surface area (Å²) in [4.78, 5) is 17.0. The second-order valence-electron chi connectivity index (χ2n) is 6.31. The fraction of sp³-hybridized carbons (Fsp3) is 0.500. The van der Waals surface area contributed by atoms with Gasteiger partial charge in [-0.3, -0.25) is 4.79 Å². The molecule has 1 atom stereocenters. The first-order valence-electron chi connectivity index (χ1n) is 8.46. The van der Waals surface area contributed by atoms with Crippen molar-refractivity contribution in [3.05, 3.63) is 42.0 Å². The highest BCUT2D eigenvalue weighted by Crippen LogP contribution is 2.37. The molecule has 6 heteroatoms. The minimum atomic E-state index is -0.546. The summed E-state index contributed by atoms with van der Waals surface area (Å²) in [6.07, 6.45) is 5.05. The molecule has 1 aromatic carbocycles. The molecule has 0 radical (unpaired) electrons. The van der Waals surface area contributed by atoms with Crippen molar-refractivity contribution < 1.29 is 14.1 Å². The summed E-state index contributed by atoms with van der Waals surface area (Å²) < 4.78 is 10.8. The molecule has 1 heterocycles. The van der Waals surface area contributed by atoms with Gasteiger partial charge in [0, 0.05) is 0 Å². The lowest BCUT2D eigenvalue weighted by atomic mass is 9.96. The average Bonchev–Trinajstić information content (AvgIpc) is 3.26. The Hall–Kier alpha value is -2.37. The van der Waals surface area contributed by atoms with Crippen molar-refractivity contribution in [1.82, 2.24) is 15.5 Å². The first kappa shape index (κ1) is 16.5. The second-order valence-corrected chi connectivity index (χ2v) is 6.31. The topological polar surface area (TPSA) is 77.2 Å². The molecule has 2 aromatic rings. The summed E-state index contributed by atoms with van der Waals surface area (Å²) in [6.45, 7) is 3.91. The largest absolute Gasteiger partial charge is 0.480 e. The fourth-order valence-electron chi connectivity index (χ4n) is 3.25. The molecule has 3 rings (SSSR count). The van der Waals surface area contributed by atoms with Crippen LogP contribution < -0.4 is 10.1 Å². The summed E-state index contributed by atoms with van der Waals surface area (Å²) >= 11 is 0. The van der Waals surface area contributed by atoms with Crippen LogP contribution in [0.1, 0.15) is 50.4 Å². The van der Waals surface area contributed by atoms with Crippen LogP contribution in [0.2, 0.25) is 0 Å². The zero-order valence-corrected chi connectivity index (χ0v) is 14.1. The molecule has 1 saturated carbocycles. The molecule has 1 aliphatic rings. The Bertz CT molecular complexity index is 679. The normalized spacial score (nSPS) is 17.4. The van der Waals surface area contributed by atoms with Gasteiger partial charge in [-0.1, -0.05) is 43.1 Å². The number of aromatic nitrogens is 2. The molecule has 1 N–H and O–H groups in total. The van der Waals surface area contributed by atoms with Gasteiger partial charge in [0.25, 0.3) is 5.91 Å². The molecule has 1 aromatic heterocycles. The Labute approximate surface area is 141 Å². The van der Waals surface area contributed by atoms with E-state index in [-0.39, 0.29) is 5.91 Å². The Morgan fingerprint density at radius 2 is 2.12 bits per heavy atom. The zero-order chi connectivity index (χ0) is 17.0. The first-order chi connectivity index (χ1) is 11.6. The van der Waals surface area contributed by atoms with Gasteiger partial charge in [-0.15, -0.1) is 0 Å². The quantitative estimate of drug-likeness (QED) is 0.881. The molecule has 1 unspecified atom stereocenters. The Morgan fingerprint density at radius 1 is 1.38 bits per heavy atom. The van der Waals surface area contributed by atoms with Gasteiger partial charge in [0.15, 0.2) is 11.9 Å². The van der Waals surface area contributed by atoms with Gasteiger partial charge < -0.3 is 14.6 Å². The van der Waals surface area contributed by atoms with Crippen molar-refractivity contribution in [2.75, 3.05) is 0 Å². The van der Waals surface area contributed by atoms with E-state index in [1.807, 2.05) is 38.1 Å². The van der Waals surface area contributed by atoms with E-state index in [1.165, 1.54) is 6.39 Å². The number of ether oxygens (including phenoxy) is 1. The Balaban J connectivity index is 1.75. The molecule has 128 valence electrons. The van der Waals surface area contributed by atoms with Crippen LogP contribution in [0.4, 0.5) is 0 Å². The number of hydrogen-bond acceptors (Lipinski definition) is 5. The number of benzene rings is 1. The van der Waals surface area contributed by atoms with E-state index in [9.17, 15) is 4.79 Å². The smallest absolute Gasteiger partial charge is 0.261 e. The molecule has 1 amide bonds. The molecule has 24 heavy (non-hydrogen) atoms. The number of nitrogens with one attached hydrogen (secondary N) is 1. The third kappa shape index (κ3) is 3.27.